The molecule has 0 bridgehead atoms. The molecule has 1 aliphatic heterocycles. The first-order valence-corrected chi connectivity index (χ1v) is 10.3. The molecule has 30 heavy (non-hydrogen) atoms. The minimum Gasteiger partial charge on any atom is -0.491 e. The number of benzene rings is 2. The van der Waals surface area contributed by atoms with Gasteiger partial charge in [-0.2, -0.15) is 0 Å². The predicted octanol–water partition coefficient (Wildman–Crippen LogP) is 3.43. The topological polar surface area (TPSA) is 88.7 Å². The number of hydrogen-bond acceptors (Lipinski definition) is 5. The van der Waals surface area contributed by atoms with Crippen molar-refractivity contribution in [1.29, 1.82) is 0 Å². The predicted molar refractivity (Wildman–Crippen MR) is 117 cm³/mol. The second kappa shape index (κ2) is 10.6. The summed E-state index contributed by atoms with van der Waals surface area (Å²) in [5.74, 6) is 0.429. The second-order valence-corrected chi connectivity index (χ2v) is 7.52. The average Bonchev–Trinajstić information content (AvgIpc) is 3.24. The van der Waals surface area contributed by atoms with E-state index in [1.807, 2.05) is 38.1 Å². The van der Waals surface area contributed by atoms with Crippen LogP contribution in [0.3, 0.4) is 0 Å². The van der Waals surface area contributed by atoms with Crippen molar-refractivity contribution in [1.82, 2.24) is 5.32 Å². The summed E-state index contributed by atoms with van der Waals surface area (Å²) in [5, 5.41) is 8.79. The first kappa shape index (κ1) is 21.6. The van der Waals surface area contributed by atoms with Gasteiger partial charge in [0.1, 0.15) is 5.75 Å². The summed E-state index contributed by atoms with van der Waals surface area (Å²) in [7, 11) is 0. The van der Waals surface area contributed by atoms with E-state index < -0.39 is 0 Å². The number of carbonyl (C=O) groups excluding carboxylic acids is 2. The van der Waals surface area contributed by atoms with E-state index in [0.29, 0.717) is 17.8 Å². The largest absolute Gasteiger partial charge is 0.491 e. The van der Waals surface area contributed by atoms with Crippen LogP contribution in [-0.2, 0) is 9.53 Å². The number of anilines is 2. The van der Waals surface area contributed by atoms with Crippen molar-refractivity contribution in [3.05, 3.63) is 54.1 Å². The Hall–Kier alpha value is -3.06. The minimum atomic E-state index is -0.180. The monoisotopic (exact) mass is 411 g/mol. The number of rotatable bonds is 9. The van der Waals surface area contributed by atoms with E-state index in [4.69, 9.17) is 9.47 Å². The van der Waals surface area contributed by atoms with Crippen LogP contribution in [0, 0.1) is 0 Å². The standard InChI is InChI=1S/C23H29N3O4/c1-16(2)30-20-6-3-5-19(13-20)24-15-22(27)26-18-10-8-17(9-11-18)23(28)25-14-21-7-4-12-29-21/h3,5-6,8-11,13,16,21,24H,4,7,12,14-15H2,1-2H3,(H,25,28)(H,26,27). The lowest BCUT2D eigenvalue weighted by atomic mass is 10.2. The van der Waals surface area contributed by atoms with Gasteiger partial charge in [0.05, 0.1) is 18.8 Å². The Morgan fingerprint density at radius 3 is 2.63 bits per heavy atom. The maximum Gasteiger partial charge on any atom is 0.251 e. The molecule has 0 saturated carbocycles. The number of amides is 2. The van der Waals surface area contributed by atoms with Gasteiger partial charge in [0.25, 0.3) is 5.91 Å². The van der Waals surface area contributed by atoms with E-state index in [-0.39, 0.29) is 30.6 Å². The SMILES string of the molecule is CC(C)Oc1cccc(NCC(=O)Nc2ccc(C(=O)NCC3CCCO3)cc2)c1. The molecule has 2 amide bonds. The molecule has 1 unspecified atom stereocenters. The molecular formula is C23H29N3O4. The highest BCUT2D eigenvalue weighted by molar-refractivity contribution is 5.96. The van der Waals surface area contributed by atoms with Gasteiger partial charge >= 0.3 is 0 Å². The summed E-state index contributed by atoms with van der Waals surface area (Å²) in [6.45, 7) is 5.33. The Morgan fingerprint density at radius 2 is 1.93 bits per heavy atom. The molecule has 1 heterocycles. The molecule has 3 N–H and O–H groups in total. The molecule has 7 nitrogen and oxygen atoms in total. The van der Waals surface area contributed by atoms with Gasteiger partial charge in [0.2, 0.25) is 5.91 Å². The number of hydrogen-bond donors (Lipinski definition) is 3. The number of nitrogens with one attached hydrogen (secondary N) is 3. The molecule has 7 heteroatoms. The summed E-state index contributed by atoms with van der Waals surface area (Å²) >= 11 is 0. The first-order chi connectivity index (χ1) is 14.5. The second-order valence-electron chi connectivity index (χ2n) is 7.52. The molecule has 2 aromatic carbocycles. The van der Waals surface area contributed by atoms with Crippen LogP contribution in [-0.4, -0.2) is 43.7 Å². The Kier molecular flexibility index (Phi) is 7.68. The van der Waals surface area contributed by atoms with Gasteiger partial charge in [-0.3, -0.25) is 9.59 Å². The van der Waals surface area contributed by atoms with Gasteiger partial charge < -0.3 is 25.4 Å². The van der Waals surface area contributed by atoms with Crippen molar-refractivity contribution in [2.75, 3.05) is 30.3 Å². The maximum absolute atomic E-state index is 12.2. The lowest BCUT2D eigenvalue weighted by Crippen LogP contribution is -2.31. The minimum absolute atomic E-state index is 0.0876. The Bertz CT molecular complexity index is 846. The number of ether oxygens (including phenoxy) is 2. The van der Waals surface area contributed by atoms with Gasteiger partial charge in [-0.25, -0.2) is 0 Å². The van der Waals surface area contributed by atoms with Crippen molar-refractivity contribution in [2.24, 2.45) is 0 Å². The Balaban J connectivity index is 1.44. The van der Waals surface area contributed by atoms with Crippen LogP contribution >= 0.6 is 0 Å². The fraction of sp³-hybridized carbons (Fsp3) is 0.391. The molecule has 1 aliphatic rings. The smallest absolute Gasteiger partial charge is 0.251 e. The van der Waals surface area contributed by atoms with Crippen molar-refractivity contribution < 1.29 is 19.1 Å². The van der Waals surface area contributed by atoms with Crippen LogP contribution in [0.15, 0.2) is 48.5 Å². The molecule has 1 saturated heterocycles. The van der Waals surface area contributed by atoms with E-state index in [1.165, 1.54) is 0 Å². The lowest BCUT2D eigenvalue weighted by molar-refractivity contribution is -0.114. The van der Waals surface area contributed by atoms with Gasteiger partial charge in [-0.05, 0) is 63.1 Å². The summed E-state index contributed by atoms with van der Waals surface area (Å²) in [6, 6.07) is 14.3. The third-order valence-electron chi connectivity index (χ3n) is 4.60. The van der Waals surface area contributed by atoms with Gasteiger partial charge in [-0.15, -0.1) is 0 Å². The highest BCUT2D eigenvalue weighted by atomic mass is 16.5. The van der Waals surface area contributed by atoms with E-state index >= 15 is 0 Å². The third kappa shape index (κ3) is 6.77. The molecular weight excluding hydrogens is 382 g/mol. The summed E-state index contributed by atoms with van der Waals surface area (Å²) in [6.07, 6.45) is 2.22. The van der Waals surface area contributed by atoms with E-state index in [1.54, 1.807) is 24.3 Å². The molecule has 2 aromatic rings. The third-order valence-corrected chi connectivity index (χ3v) is 4.60. The fourth-order valence-corrected chi connectivity index (χ4v) is 3.16. The average molecular weight is 412 g/mol. The van der Waals surface area contributed by atoms with Crippen LogP contribution in [0.2, 0.25) is 0 Å². The van der Waals surface area contributed by atoms with Crippen LogP contribution in [0.25, 0.3) is 0 Å². The zero-order chi connectivity index (χ0) is 21.3. The summed E-state index contributed by atoms with van der Waals surface area (Å²) in [4.78, 5) is 24.4. The highest BCUT2D eigenvalue weighted by Gasteiger charge is 2.16. The molecule has 0 aliphatic carbocycles. The van der Waals surface area contributed by atoms with Gasteiger partial charge in [0, 0.05) is 36.2 Å². The van der Waals surface area contributed by atoms with Crippen LogP contribution in [0.1, 0.15) is 37.0 Å². The maximum atomic E-state index is 12.2. The summed E-state index contributed by atoms with van der Waals surface area (Å²) < 4.78 is 11.2. The molecule has 160 valence electrons. The van der Waals surface area contributed by atoms with Crippen LogP contribution in [0.4, 0.5) is 11.4 Å². The number of carbonyl (C=O) groups is 2. The Labute approximate surface area is 177 Å². The Morgan fingerprint density at radius 1 is 1.13 bits per heavy atom. The molecule has 0 aromatic heterocycles. The normalized spacial score (nSPS) is 15.6. The zero-order valence-electron chi connectivity index (χ0n) is 17.4. The van der Waals surface area contributed by atoms with Crippen molar-refractivity contribution in [2.45, 2.75) is 38.9 Å². The van der Waals surface area contributed by atoms with Crippen LogP contribution in [0.5, 0.6) is 5.75 Å². The molecule has 1 atom stereocenters. The molecule has 3 rings (SSSR count). The van der Waals surface area contributed by atoms with Crippen molar-refractivity contribution in [3.8, 4) is 5.75 Å². The van der Waals surface area contributed by atoms with Crippen LogP contribution < -0.4 is 20.7 Å². The van der Waals surface area contributed by atoms with Crippen molar-refractivity contribution in [3.63, 3.8) is 0 Å². The summed E-state index contributed by atoms with van der Waals surface area (Å²) in [5.41, 5.74) is 1.99. The molecule has 0 radical (unpaired) electrons. The van der Waals surface area contributed by atoms with E-state index in [2.05, 4.69) is 16.0 Å². The van der Waals surface area contributed by atoms with Gasteiger partial charge in [0.15, 0.2) is 0 Å². The fourth-order valence-electron chi connectivity index (χ4n) is 3.16. The first-order valence-electron chi connectivity index (χ1n) is 10.3. The molecule has 0 spiro atoms. The van der Waals surface area contributed by atoms with Gasteiger partial charge in [-0.1, -0.05) is 6.07 Å². The van der Waals surface area contributed by atoms with E-state index in [0.717, 1.165) is 30.9 Å². The highest BCUT2D eigenvalue weighted by Crippen LogP contribution is 2.18. The van der Waals surface area contributed by atoms with E-state index in [9.17, 15) is 9.59 Å². The lowest BCUT2D eigenvalue weighted by Gasteiger charge is -2.12. The van der Waals surface area contributed by atoms with Crippen molar-refractivity contribution >= 4 is 23.2 Å². The molecule has 1 fully saturated rings. The zero-order valence-corrected chi connectivity index (χ0v) is 17.4. The quantitative estimate of drug-likeness (QED) is 0.588.